The maximum absolute atomic E-state index is 13.7. The zero-order valence-corrected chi connectivity index (χ0v) is 34.8. The van der Waals surface area contributed by atoms with Gasteiger partial charge in [-0.3, -0.25) is 0 Å². The molecular weight excluding hydrogens is 788 g/mol. The number of carbonyl (C=O) groups is 2. The van der Waals surface area contributed by atoms with Crippen molar-refractivity contribution in [2.24, 2.45) is 0 Å². The number of hydrogen-bond donors (Lipinski definition) is 1. The molecule has 7 nitrogen and oxygen atoms in total. The second-order valence-electron chi connectivity index (χ2n) is 14.3. The van der Waals surface area contributed by atoms with Crippen LogP contribution in [0.1, 0.15) is 118 Å². The molecule has 9 heteroatoms. The van der Waals surface area contributed by atoms with Gasteiger partial charge in [0.1, 0.15) is 28.2 Å². The van der Waals surface area contributed by atoms with Crippen molar-refractivity contribution >= 4 is 43.8 Å². The number of phenolic OH excluding ortho intramolecular Hbond substituents is 1. The third kappa shape index (κ3) is 8.92. The van der Waals surface area contributed by atoms with E-state index in [1.165, 1.54) is 12.5 Å². The van der Waals surface area contributed by atoms with Gasteiger partial charge in [-0.25, -0.2) is 9.59 Å². The topological polar surface area (TPSA) is 91.3 Å². The monoisotopic (exact) mass is 836 g/mol. The van der Waals surface area contributed by atoms with Gasteiger partial charge in [-0.2, -0.15) is 0 Å². The molecule has 1 aliphatic rings. The minimum absolute atomic E-state index is 0.0449. The Morgan fingerprint density at radius 3 is 1.67 bits per heavy atom. The van der Waals surface area contributed by atoms with Crippen LogP contribution in [-0.2, 0) is 19.6 Å². The fourth-order valence-electron chi connectivity index (χ4n) is 6.37. The standard InChI is InChI=1S/C40H42Br2O7.C3H8/c1-8-46-36(44)30-20-24(10-16-34(30)43)40(32-22-26(41)12-14-28(32)29-15-13-27(42)23-33(29)40)25-11-17-35(31(21-25)37(45)47-9-2)49-39(6,7)18-19-48-38(3,4)5;1-3-2/h10-17,20-23,43H,8-9,18-19H2,1-7H3;3H2,1-2H3. The highest BCUT2D eigenvalue weighted by Gasteiger charge is 2.47. The lowest BCUT2D eigenvalue weighted by atomic mass is 9.67. The molecule has 4 aromatic rings. The maximum Gasteiger partial charge on any atom is 0.341 e. The summed E-state index contributed by atoms with van der Waals surface area (Å²) in [5.74, 6) is -0.950. The van der Waals surface area contributed by atoms with Crippen LogP contribution in [0.15, 0.2) is 81.7 Å². The van der Waals surface area contributed by atoms with Crippen LogP contribution in [0.4, 0.5) is 0 Å². The number of hydrogen-bond acceptors (Lipinski definition) is 7. The lowest BCUT2D eigenvalue weighted by Gasteiger charge is -2.35. The van der Waals surface area contributed by atoms with Gasteiger partial charge in [0.05, 0.1) is 30.8 Å². The third-order valence-electron chi connectivity index (χ3n) is 8.52. The highest BCUT2D eigenvalue weighted by atomic mass is 79.9. The minimum atomic E-state index is -1.04. The predicted octanol–water partition coefficient (Wildman–Crippen LogP) is 11.4. The van der Waals surface area contributed by atoms with Gasteiger partial charge in [-0.1, -0.05) is 76.4 Å². The normalized spacial score (nSPS) is 13.0. The highest BCUT2D eigenvalue weighted by Crippen LogP contribution is 2.58. The van der Waals surface area contributed by atoms with E-state index in [1.807, 2.05) is 71.0 Å². The number of phenols is 1. The second kappa shape index (κ2) is 17.0. The van der Waals surface area contributed by atoms with E-state index in [9.17, 15) is 14.7 Å². The Bertz CT molecular complexity index is 1860. The Labute approximate surface area is 325 Å². The van der Waals surface area contributed by atoms with Crippen LogP contribution in [0, 0.1) is 0 Å². The number of rotatable bonds is 11. The molecule has 0 spiro atoms. The quantitative estimate of drug-likeness (QED) is 0.132. The Balaban J connectivity index is 0.00000195. The van der Waals surface area contributed by atoms with Crippen LogP contribution >= 0.6 is 31.9 Å². The van der Waals surface area contributed by atoms with Crippen molar-refractivity contribution in [3.8, 4) is 22.6 Å². The van der Waals surface area contributed by atoms with Gasteiger partial charge in [0.15, 0.2) is 0 Å². The molecule has 0 heterocycles. The molecule has 0 aliphatic heterocycles. The maximum atomic E-state index is 13.7. The van der Waals surface area contributed by atoms with Crippen LogP contribution in [-0.4, -0.2) is 48.1 Å². The first kappa shape index (κ1) is 41.1. The van der Waals surface area contributed by atoms with Crippen molar-refractivity contribution < 1.29 is 33.6 Å². The van der Waals surface area contributed by atoms with E-state index in [2.05, 4.69) is 70.0 Å². The van der Waals surface area contributed by atoms with Gasteiger partial charge in [-0.05, 0) is 130 Å². The lowest BCUT2D eigenvalue weighted by Crippen LogP contribution is -2.33. The molecular formula is C43H50Br2O7. The molecule has 0 saturated carbocycles. The number of benzene rings is 4. The summed E-state index contributed by atoms with van der Waals surface area (Å²) in [6.07, 6.45) is 1.84. The van der Waals surface area contributed by atoms with E-state index < -0.39 is 23.0 Å². The molecule has 4 aromatic carbocycles. The van der Waals surface area contributed by atoms with Crippen molar-refractivity contribution in [1.82, 2.24) is 0 Å². The first-order valence-corrected chi connectivity index (χ1v) is 19.4. The minimum Gasteiger partial charge on any atom is -0.507 e. The van der Waals surface area contributed by atoms with Crippen molar-refractivity contribution in [2.45, 2.75) is 91.8 Å². The van der Waals surface area contributed by atoms with Crippen LogP contribution in [0.25, 0.3) is 11.1 Å². The van der Waals surface area contributed by atoms with E-state index in [0.717, 1.165) is 36.8 Å². The molecule has 0 fully saturated rings. The van der Waals surface area contributed by atoms with E-state index in [0.29, 0.717) is 24.3 Å². The molecule has 0 unspecified atom stereocenters. The lowest BCUT2D eigenvalue weighted by molar-refractivity contribution is -0.0294. The highest BCUT2D eigenvalue weighted by molar-refractivity contribution is 9.10. The first-order valence-electron chi connectivity index (χ1n) is 17.8. The number of fused-ring (bicyclic) bond motifs is 3. The van der Waals surface area contributed by atoms with E-state index >= 15 is 0 Å². The summed E-state index contributed by atoms with van der Waals surface area (Å²) in [5, 5.41) is 10.8. The van der Waals surface area contributed by atoms with Crippen LogP contribution < -0.4 is 4.74 Å². The Morgan fingerprint density at radius 2 is 1.17 bits per heavy atom. The predicted molar refractivity (Wildman–Crippen MR) is 214 cm³/mol. The summed E-state index contributed by atoms with van der Waals surface area (Å²) < 4.78 is 25.2. The van der Waals surface area contributed by atoms with Crippen molar-refractivity contribution in [2.75, 3.05) is 19.8 Å². The molecule has 1 N–H and O–H groups in total. The number of ether oxygens (including phenoxy) is 4. The Hall–Kier alpha value is -3.66. The number of esters is 2. The molecule has 0 saturated heterocycles. The van der Waals surface area contributed by atoms with Gasteiger partial charge in [-0.15, -0.1) is 0 Å². The van der Waals surface area contributed by atoms with Gasteiger partial charge in [0.2, 0.25) is 0 Å². The van der Waals surface area contributed by atoms with E-state index in [-0.39, 0.29) is 35.7 Å². The molecule has 1 aliphatic carbocycles. The second-order valence-corrected chi connectivity index (χ2v) is 16.1. The first-order chi connectivity index (χ1) is 24.5. The molecule has 0 bridgehead atoms. The van der Waals surface area contributed by atoms with Crippen molar-refractivity contribution in [3.05, 3.63) is 115 Å². The van der Waals surface area contributed by atoms with Crippen LogP contribution in [0.2, 0.25) is 0 Å². The molecule has 0 atom stereocenters. The Morgan fingerprint density at radius 1 is 0.692 bits per heavy atom. The molecule has 0 radical (unpaired) electrons. The van der Waals surface area contributed by atoms with Crippen molar-refractivity contribution in [3.63, 3.8) is 0 Å². The average Bonchev–Trinajstić information content (AvgIpc) is 3.34. The zero-order valence-electron chi connectivity index (χ0n) is 31.6. The molecule has 278 valence electrons. The Kier molecular flexibility index (Phi) is 13.4. The van der Waals surface area contributed by atoms with E-state index in [1.54, 1.807) is 19.9 Å². The van der Waals surface area contributed by atoms with Crippen molar-refractivity contribution in [1.29, 1.82) is 0 Å². The smallest absolute Gasteiger partial charge is 0.341 e. The zero-order chi connectivity index (χ0) is 38.4. The van der Waals surface area contributed by atoms with Gasteiger partial charge >= 0.3 is 11.9 Å². The molecule has 5 rings (SSSR count). The SMILES string of the molecule is CCC.CCOC(=O)c1cc(C2(c3ccc(OC(C)(C)CCOC(C)(C)C)c(C(=O)OCC)c3)c3cc(Br)ccc3-c3ccc(Br)cc32)ccc1O. The van der Waals surface area contributed by atoms with E-state index in [4.69, 9.17) is 18.9 Å². The number of halogens is 2. The average molecular weight is 839 g/mol. The summed E-state index contributed by atoms with van der Waals surface area (Å²) in [6.45, 7) is 18.5. The fourth-order valence-corrected chi connectivity index (χ4v) is 7.09. The summed E-state index contributed by atoms with van der Waals surface area (Å²) >= 11 is 7.40. The summed E-state index contributed by atoms with van der Waals surface area (Å²) in [4.78, 5) is 26.8. The molecule has 0 aromatic heterocycles. The van der Waals surface area contributed by atoms with Crippen LogP contribution in [0.5, 0.6) is 11.5 Å². The summed E-state index contributed by atoms with van der Waals surface area (Å²) in [6, 6.07) is 22.8. The largest absolute Gasteiger partial charge is 0.507 e. The molecule has 0 amide bonds. The number of aromatic hydroxyl groups is 1. The summed E-state index contributed by atoms with van der Waals surface area (Å²) in [7, 11) is 0. The van der Waals surface area contributed by atoms with Gasteiger partial charge < -0.3 is 24.1 Å². The van der Waals surface area contributed by atoms with Gasteiger partial charge in [0, 0.05) is 15.4 Å². The third-order valence-corrected chi connectivity index (χ3v) is 9.51. The van der Waals surface area contributed by atoms with Crippen LogP contribution in [0.3, 0.4) is 0 Å². The number of carbonyl (C=O) groups excluding carboxylic acids is 2. The molecule has 52 heavy (non-hydrogen) atoms. The fraction of sp³-hybridized carbons (Fsp3) is 0.395. The van der Waals surface area contributed by atoms with Gasteiger partial charge in [0.25, 0.3) is 0 Å². The summed E-state index contributed by atoms with van der Waals surface area (Å²) in [5.41, 5.74) is 3.61.